The van der Waals surface area contributed by atoms with E-state index in [4.69, 9.17) is 9.26 Å². The SMILES string of the molecule is Cc1onc(-c2ccc(Br)cc2)c1C(=O)c1c[nH]c(C(=O)NCC2CCOCC2)c1. The minimum absolute atomic E-state index is 0.226. The summed E-state index contributed by atoms with van der Waals surface area (Å²) in [7, 11) is 0. The van der Waals surface area contributed by atoms with Crippen molar-refractivity contribution in [3.63, 3.8) is 0 Å². The van der Waals surface area contributed by atoms with Crippen LogP contribution in [0.4, 0.5) is 0 Å². The zero-order valence-electron chi connectivity index (χ0n) is 16.5. The number of aromatic amines is 1. The van der Waals surface area contributed by atoms with E-state index in [-0.39, 0.29) is 11.7 Å². The molecular formula is C22H22BrN3O4. The second-order valence-electron chi connectivity index (χ2n) is 7.37. The van der Waals surface area contributed by atoms with Crippen LogP contribution < -0.4 is 5.32 Å². The van der Waals surface area contributed by atoms with Gasteiger partial charge in [0, 0.05) is 41.6 Å². The molecule has 0 atom stereocenters. The second-order valence-corrected chi connectivity index (χ2v) is 8.28. The van der Waals surface area contributed by atoms with E-state index in [9.17, 15) is 9.59 Å². The van der Waals surface area contributed by atoms with Crippen molar-refractivity contribution < 1.29 is 18.8 Å². The van der Waals surface area contributed by atoms with Gasteiger partial charge in [0.15, 0.2) is 5.78 Å². The minimum atomic E-state index is -0.244. The number of aryl methyl sites for hydroxylation is 1. The second kappa shape index (κ2) is 8.97. The van der Waals surface area contributed by atoms with Gasteiger partial charge in [0.1, 0.15) is 17.1 Å². The first-order chi connectivity index (χ1) is 14.5. The highest BCUT2D eigenvalue weighted by molar-refractivity contribution is 9.10. The Labute approximate surface area is 182 Å². The van der Waals surface area contributed by atoms with Gasteiger partial charge in [-0.15, -0.1) is 0 Å². The molecule has 8 heteroatoms. The monoisotopic (exact) mass is 471 g/mol. The maximum Gasteiger partial charge on any atom is 0.267 e. The van der Waals surface area contributed by atoms with E-state index in [0.717, 1.165) is 36.1 Å². The van der Waals surface area contributed by atoms with E-state index in [0.29, 0.717) is 40.7 Å². The molecule has 0 aliphatic carbocycles. The first-order valence-corrected chi connectivity index (χ1v) is 10.6. The Kier molecular flexibility index (Phi) is 6.15. The van der Waals surface area contributed by atoms with Crippen LogP contribution in [0.3, 0.4) is 0 Å². The molecule has 30 heavy (non-hydrogen) atoms. The molecule has 0 saturated carbocycles. The van der Waals surface area contributed by atoms with Crippen LogP contribution in [0, 0.1) is 12.8 Å². The molecular weight excluding hydrogens is 450 g/mol. The molecule has 4 rings (SSSR count). The average molecular weight is 472 g/mol. The number of amides is 1. The number of H-pyrrole nitrogens is 1. The Morgan fingerprint density at radius 2 is 1.97 bits per heavy atom. The third-order valence-electron chi connectivity index (χ3n) is 5.29. The van der Waals surface area contributed by atoms with Crippen LogP contribution in [-0.4, -0.2) is 41.6 Å². The molecule has 1 saturated heterocycles. The smallest absolute Gasteiger partial charge is 0.267 e. The van der Waals surface area contributed by atoms with Crippen LogP contribution in [0.1, 0.15) is 45.0 Å². The van der Waals surface area contributed by atoms with E-state index in [1.165, 1.54) is 0 Å². The van der Waals surface area contributed by atoms with Gasteiger partial charge in [-0.25, -0.2) is 0 Å². The van der Waals surface area contributed by atoms with Crippen LogP contribution in [0.15, 0.2) is 45.5 Å². The fourth-order valence-corrected chi connectivity index (χ4v) is 3.79. The Bertz CT molecular complexity index is 1050. The van der Waals surface area contributed by atoms with Crippen molar-refractivity contribution in [3.05, 3.63) is 63.6 Å². The number of halogens is 1. The summed E-state index contributed by atoms with van der Waals surface area (Å²) < 4.78 is 11.6. The lowest BCUT2D eigenvalue weighted by Crippen LogP contribution is -2.32. The zero-order chi connectivity index (χ0) is 21.1. The number of nitrogens with one attached hydrogen (secondary N) is 2. The zero-order valence-corrected chi connectivity index (χ0v) is 18.1. The average Bonchev–Trinajstić information content (AvgIpc) is 3.40. The van der Waals surface area contributed by atoms with E-state index in [1.54, 1.807) is 19.2 Å². The molecule has 3 aromatic rings. The molecule has 1 aliphatic heterocycles. The highest BCUT2D eigenvalue weighted by Gasteiger charge is 2.24. The largest absolute Gasteiger partial charge is 0.381 e. The first-order valence-electron chi connectivity index (χ1n) is 9.84. The van der Waals surface area contributed by atoms with Crippen molar-refractivity contribution in [1.82, 2.24) is 15.5 Å². The standard InChI is InChI=1S/C22H22BrN3O4/c1-13-19(20(26-30-13)15-2-4-17(23)5-3-15)21(27)16-10-18(24-12-16)22(28)25-11-14-6-8-29-9-7-14/h2-5,10,12,14,24H,6-9,11H2,1H3,(H,25,28). The molecule has 0 bridgehead atoms. The number of rotatable bonds is 6. The van der Waals surface area contributed by atoms with Gasteiger partial charge in [-0.3, -0.25) is 9.59 Å². The van der Waals surface area contributed by atoms with E-state index in [1.807, 2.05) is 24.3 Å². The van der Waals surface area contributed by atoms with Crippen LogP contribution in [0.5, 0.6) is 0 Å². The van der Waals surface area contributed by atoms with Crippen LogP contribution in [0.25, 0.3) is 11.3 Å². The summed E-state index contributed by atoms with van der Waals surface area (Å²) >= 11 is 3.40. The molecule has 2 aromatic heterocycles. The lowest BCUT2D eigenvalue weighted by atomic mass is 9.99. The molecule has 1 aliphatic rings. The Morgan fingerprint density at radius 1 is 1.23 bits per heavy atom. The minimum Gasteiger partial charge on any atom is -0.381 e. The van der Waals surface area contributed by atoms with Gasteiger partial charge >= 0.3 is 0 Å². The normalized spacial score (nSPS) is 14.6. The first kappa shape index (κ1) is 20.6. The number of ether oxygens (including phenoxy) is 1. The van der Waals surface area contributed by atoms with Crippen LogP contribution in [0.2, 0.25) is 0 Å². The lowest BCUT2D eigenvalue weighted by Gasteiger charge is -2.21. The quantitative estimate of drug-likeness (QED) is 0.526. The van der Waals surface area contributed by atoms with Gasteiger partial charge < -0.3 is 19.6 Å². The molecule has 0 radical (unpaired) electrons. The number of hydrogen-bond acceptors (Lipinski definition) is 5. The van der Waals surface area contributed by atoms with Crippen molar-refractivity contribution in [2.24, 2.45) is 5.92 Å². The summed E-state index contributed by atoms with van der Waals surface area (Å²) in [6, 6.07) is 9.06. The third kappa shape index (κ3) is 4.39. The summed E-state index contributed by atoms with van der Waals surface area (Å²) in [6.45, 7) is 3.78. The lowest BCUT2D eigenvalue weighted by molar-refractivity contribution is 0.0642. The van der Waals surface area contributed by atoms with Gasteiger partial charge in [0.05, 0.1) is 5.56 Å². The van der Waals surface area contributed by atoms with Gasteiger partial charge in [-0.1, -0.05) is 33.2 Å². The molecule has 1 fully saturated rings. The van der Waals surface area contributed by atoms with Gasteiger partial charge in [-0.05, 0) is 43.9 Å². The number of benzene rings is 1. The number of nitrogens with zero attached hydrogens (tertiary/aromatic N) is 1. The topological polar surface area (TPSA) is 97.2 Å². The predicted molar refractivity (Wildman–Crippen MR) is 114 cm³/mol. The van der Waals surface area contributed by atoms with Crippen molar-refractivity contribution in [1.29, 1.82) is 0 Å². The summed E-state index contributed by atoms with van der Waals surface area (Å²) in [5, 5.41) is 7.01. The van der Waals surface area contributed by atoms with E-state index in [2.05, 4.69) is 31.4 Å². The maximum absolute atomic E-state index is 13.2. The summed E-state index contributed by atoms with van der Waals surface area (Å²) in [4.78, 5) is 28.5. The number of carbonyl (C=O) groups is 2. The van der Waals surface area contributed by atoms with Gasteiger partial charge in [0.2, 0.25) is 0 Å². The van der Waals surface area contributed by atoms with Crippen LogP contribution >= 0.6 is 15.9 Å². The van der Waals surface area contributed by atoms with Crippen molar-refractivity contribution >= 4 is 27.6 Å². The van der Waals surface area contributed by atoms with Crippen molar-refractivity contribution in [3.8, 4) is 11.3 Å². The molecule has 0 unspecified atom stereocenters. The van der Waals surface area contributed by atoms with Crippen molar-refractivity contribution in [2.45, 2.75) is 19.8 Å². The third-order valence-corrected chi connectivity index (χ3v) is 5.82. The van der Waals surface area contributed by atoms with E-state index < -0.39 is 0 Å². The molecule has 7 nitrogen and oxygen atoms in total. The summed E-state index contributed by atoms with van der Waals surface area (Å²) in [5.41, 5.74) is 2.39. The van der Waals surface area contributed by atoms with Gasteiger partial charge in [-0.2, -0.15) is 0 Å². The molecule has 1 aromatic carbocycles. The molecule has 2 N–H and O–H groups in total. The maximum atomic E-state index is 13.2. The number of ketones is 1. The Balaban J connectivity index is 1.50. The fraction of sp³-hybridized carbons (Fsp3) is 0.318. The molecule has 0 spiro atoms. The highest BCUT2D eigenvalue weighted by Crippen LogP contribution is 2.28. The molecule has 3 heterocycles. The number of aromatic nitrogens is 2. The number of carbonyl (C=O) groups excluding carboxylic acids is 2. The highest BCUT2D eigenvalue weighted by atomic mass is 79.9. The Morgan fingerprint density at radius 3 is 2.70 bits per heavy atom. The van der Waals surface area contributed by atoms with Gasteiger partial charge in [0.25, 0.3) is 5.91 Å². The summed E-state index contributed by atoms with van der Waals surface area (Å²) in [6.07, 6.45) is 3.43. The van der Waals surface area contributed by atoms with Crippen LogP contribution in [-0.2, 0) is 4.74 Å². The summed E-state index contributed by atoms with van der Waals surface area (Å²) in [5.74, 6) is 0.388. The fourth-order valence-electron chi connectivity index (χ4n) is 3.53. The molecule has 1 amide bonds. The number of hydrogen-bond donors (Lipinski definition) is 2. The van der Waals surface area contributed by atoms with Crippen molar-refractivity contribution in [2.75, 3.05) is 19.8 Å². The predicted octanol–water partition coefficient (Wildman–Crippen LogP) is 4.13. The molecule has 156 valence electrons. The Hall–Kier alpha value is -2.71. The van der Waals surface area contributed by atoms with E-state index >= 15 is 0 Å².